The SMILES string of the molecule is CCCC1CCC(=NNC(=N)N)CC1. The predicted octanol–water partition coefficient (Wildman–Crippen LogP) is 1.82. The lowest BCUT2D eigenvalue weighted by atomic mass is 9.85. The number of hydrazone groups is 1. The van der Waals surface area contributed by atoms with Crippen LogP contribution in [0.2, 0.25) is 0 Å². The van der Waals surface area contributed by atoms with Crippen LogP contribution >= 0.6 is 0 Å². The average Bonchev–Trinajstić information content (AvgIpc) is 2.17. The molecule has 0 amide bonds. The van der Waals surface area contributed by atoms with Gasteiger partial charge in [-0.2, -0.15) is 5.10 Å². The molecule has 4 heteroatoms. The molecule has 0 bridgehead atoms. The fourth-order valence-corrected chi connectivity index (χ4v) is 1.96. The molecule has 4 nitrogen and oxygen atoms in total. The van der Waals surface area contributed by atoms with Crippen molar-refractivity contribution in [3.8, 4) is 0 Å². The maximum Gasteiger partial charge on any atom is 0.206 e. The summed E-state index contributed by atoms with van der Waals surface area (Å²) < 4.78 is 0. The zero-order valence-electron chi connectivity index (χ0n) is 8.84. The first-order valence-electron chi connectivity index (χ1n) is 5.37. The van der Waals surface area contributed by atoms with Gasteiger partial charge in [0.05, 0.1) is 0 Å². The number of nitrogens with two attached hydrogens (primary N) is 1. The molecule has 0 heterocycles. The molecule has 4 N–H and O–H groups in total. The number of nitrogens with zero attached hydrogens (tertiary/aromatic N) is 1. The zero-order chi connectivity index (χ0) is 10.4. The second kappa shape index (κ2) is 5.62. The third-order valence-corrected chi connectivity index (χ3v) is 2.71. The molecule has 0 aromatic heterocycles. The maximum atomic E-state index is 6.98. The van der Waals surface area contributed by atoms with E-state index >= 15 is 0 Å². The van der Waals surface area contributed by atoms with Crippen LogP contribution in [-0.4, -0.2) is 11.7 Å². The van der Waals surface area contributed by atoms with Gasteiger partial charge in [0, 0.05) is 5.71 Å². The highest BCUT2D eigenvalue weighted by atomic mass is 15.3. The van der Waals surface area contributed by atoms with E-state index in [-0.39, 0.29) is 5.96 Å². The van der Waals surface area contributed by atoms with Gasteiger partial charge in [0.15, 0.2) is 0 Å². The maximum absolute atomic E-state index is 6.98. The molecule has 1 aliphatic rings. The van der Waals surface area contributed by atoms with E-state index in [1.807, 2.05) is 0 Å². The van der Waals surface area contributed by atoms with Crippen molar-refractivity contribution in [2.75, 3.05) is 0 Å². The molecule has 1 aliphatic carbocycles. The Labute approximate surface area is 85.5 Å². The van der Waals surface area contributed by atoms with Gasteiger partial charge in [-0.1, -0.05) is 19.8 Å². The highest BCUT2D eigenvalue weighted by Gasteiger charge is 2.16. The van der Waals surface area contributed by atoms with Gasteiger partial charge in [0.1, 0.15) is 0 Å². The summed E-state index contributed by atoms with van der Waals surface area (Å²) in [6, 6.07) is 0. The summed E-state index contributed by atoms with van der Waals surface area (Å²) >= 11 is 0. The van der Waals surface area contributed by atoms with Gasteiger partial charge in [0.25, 0.3) is 0 Å². The largest absolute Gasteiger partial charge is 0.369 e. The molecule has 0 aromatic carbocycles. The number of hydrogen-bond acceptors (Lipinski definition) is 2. The minimum absolute atomic E-state index is 0.0758. The third kappa shape index (κ3) is 3.77. The van der Waals surface area contributed by atoms with Crippen LogP contribution in [0.1, 0.15) is 45.4 Å². The second-order valence-electron chi connectivity index (χ2n) is 3.94. The van der Waals surface area contributed by atoms with Crippen molar-refractivity contribution < 1.29 is 0 Å². The van der Waals surface area contributed by atoms with E-state index in [1.54, 1.807) is 0 Å². The Kier molecular flexibility index (Phi) is 4.43. The molecule has 0 spiro atoms. The van der Waals surface area contributed by atoms with Gasteiger partial charge >= 0.3 is 0 Å². The zero-order valence-corrected chi connectivity index (χ0v) is 8.84. The Hall–Kier alpha value is -1.06. The first kappa shape index (κ1) is 11.0. The first-order valence-corrected chi connectivity index (χ1v) is 5.37. The van der Waals surface area contributed by atoms with Crippen molar-refractivity contribution in [3.05, 3.63) is 0 Å². The van der Waals surface area contributed by atoms with Crippen molar-refractivity contribution in [2.45, 2.75) is 45.4 Å². The first-order chi connectivity index (χ1) is 6.72. The van der Waals surface area contributed by atoms with Crippen LogP contribution in [0.3, 0.4) is 0 Å². The van der Waals surface area contributed by atoms with Crippen LogP contribution in [0.4, 0.5) is 0 Å². The molecule has 80 valence electrons. The molecule has 1 rings (SSSR count). The lowest BCUT2D eigenvalue weighted by molar-refractivity contribution is 0.407. The normalized spacial score (nSPS) is 21.8. The van der Waals surface area contributed by atoms with Crippen LogP contribution in [0.25, 0.3) is 0 Å². The Morgan fingerprint density at radius 1 is 1.57 bits per heavy atom. The lowest BCUT2D eigenvalue weighted by Crippen LogP contribution is -2.27. The molecule has 0 aromatic rings. The van der Waals surface area contributed by atoms with Crippen molar-refractivity contribution >= 4 is 11.7 Å². The Bertz CT molecular complexity index is 212. The summed E-state index contributed by atoms with van der Waals surface area (Å²) in [6.07, 6.45) is 7.23. The van der Waals surface area contributed by atoms with E-state index < -0.39 is 0 Å². The van der Waals surface area contributed by atoms with Crippen LogP contribution in [-0.2, 0) is 0 Å². The van der Waals surface area contributed by atoms with Gasteiger partial charge in [-0.25, -0.2) is 5.43 Å². The Morgan fingerprint density at radius 2 is 2.21 bits per heavy atom. The summed E-state index contributed by atoms with van der Waals surface area (Å²) in [4.78, 5) is 0. The van der Waals surface area contributed by atoms with Crippen molar-refractivity contribution in [1.82, 2.24) is 5.43 Å². The summed E-state index contributed by atoms with van der Waals surface area (Å²) in [7, 11) is 0. The highest BCUT2D eigenvalue weighted by Crippen LogP contribution is 2.25. The number of nitrogens with one attached hydrogen (secondary N) is 2. The van der Waals surface area contributed by atoms with E-state index in [0.717, 1.165) is 24.5 Å². The Morgan fingerprint density at radius 3 is 2.71 bits per heavy atom. The predicted molar refractivity (Wildman–Crippen MR) is 59.4 cm³/mol. The highest BCUT2D eigenvalue weighted by molar-refractivity contribution is 5.86. The van der Waals surface area contributed by atoms with Gasteiger partial charge < -0.3 is 5.73 Å². The quantitative estimate of drug-likeness (QED) is 0.366. The molecule has 0 unspecified atom stereocenters. The molecular formula is C10H20N4. The smallest absolute Gasteiger partial charge is 0.206 e. The van der Waals surface area contributed by atoms with Crippen LogP contribution in [0, 0.1) is 11.3 Å². The van der Waals surface area contributed by atoms with Crippen LogP contribution in [0.15, 0.2) is 5.10 Å². The summed E-state index contributed by atoms with van der Waals surface area (Å²) in [5.41, 5.74) is 8.82. The van der Waals surface area contributed by atoms with E-state index in [2.05, 4.69) is 17.5 Å². The molecule has 1 saturated carbocycles. The second-order valence-corrected chi connectivity index (χ2v) is 3.94. The van der Waals surface area contributed by atoms with Gasteiger partial charge in [-0.15, -0.1) is 0 Å². The van der Waals surface area contributed by atoms with E-state index in [4.69, 9.17) is 11.1 Å². The van der Waals surface area contributed by atoms with Crippen molar-refractivity contribution in [2.24, 2.45) is 16.8 Å². The fourth-order valence-electron chi connectivity index (χ4n) is 1.96. The number of hydrogen-bond donors (Lipinski definition) is 3. The Balaban J connectivity index is 2.28. The number of rotatable bonds is 3. The average molecular weight is 196 g/mol. The number of guanidine groups is 1. The summed E-state index contributed by atoms with van der Waals surface area (Å²) in [6.45, 7) is 2.24. The summed E-state index contributed by atoms with van der Waals surface area (Å²) in [5.74, 6) is 0.810. The van der Waals surface area contributed by atoms with E-state index in [9.17, 15) is 0 Å². The molecule has 0 atom stereocenters. The van der Waals surface area contributed by atoms with E-state index in [1.165, 1.54) is 25.7 Å². The van der Waals surface area contributed by atoms with Crippen molar-refractivity contribution in [1.29, 1.82) is 5.41 Å². The topological polar surface area (TPSA) is 74.3 Å². The van der Waals surface area contributed by atoms with Gasteiger partial charge in [-0.05, 0) is 31.6 Å². The molecular weight excluding hydrogens is 176 g/mol. The van der Waals surface area contributed by atoms with Gasteiger partial charge in [0.2, 0.25) is 5.96 Å². The lowest BCUT2D eigenvalue weighted by Gasteiger charge is -2.22. The third-order valence-electron chi connectivity index (χ3n) is 2.71. The standard InChI is InChI=1S/C10H20N4/c1-2-3-8-4-6-9(7-5-8)13-14-10(11)12/h8H,2-7H2,1H3,(H4,11,12,14). The minimum Gasteiger partial charge on any atom is -0.369 e. The molecule has 1 fully saturated rings. The molecule has 0 saturated heterocycles. The monoisotopic (exact) mass is 196 g/mol. The molecule has 0 radical (unpaired) electrons. The fraction of sp³-hybridized carbons (Fsp3) is 0.800. The van der Waals surface area contributed by atoms with Crippen LogP contribution in [0.5, 0.6) is 0 Å². The molecule has 0 aliphatic heterocycles. The van der Waals surface area contributed by atoms with Crippen molar-refractivity contribution in [3.63, 3.8) is 0 Å². The van der Waals surface area contributed by atoms with Gasteiger partial charge in [-0.3, -0.25) is 5.41 Å². The minimum atomic E-state index is -0.0758. The van der Waals surface area contributed by atoms with Crippen LogP contribution < -0.4 is 11.2 Å². The molecule has 14 heavy (non-hydrogen) atoms. The van der Waals surface area contributed by atoms with E-state index in [0.29, 0.717) is 0 Å². The summed E-state index contributed by atoms with van der Waals surface area (Å²) in [5, 5.41) is 11.1.